The van der Waals surface area contributed by atoms with Crippen molar-refractivity contribution in [3.63, 3.8) is 0 Å². The first-order chi connectivity index (χ1) is 5.75. The lowest BCUT2D eigenvalue weighted by atomic mass is 10.1. The Morgan fingerprint density at radius 2 is 2.25 bits per heavy atom. The van der Waals surface area contributed by atoms with Crippen molar-refractivity contribution in [3.8, 4) is 0 Å². The SMILES string of the molecule is O=CCCc1cccc(F)c1Br. The molecular weight excluding hydrogens is 223 g/mol. The molecule has 0 atom stereocenters. The van der Waals surface area contributed by atoms with E-state index in [1.54, 1.807) is 12.1 Å². The molecule has 1 rings (SSSR count). The zero-order valence-corrected chi connectivity index (χ0v) is 7.97. The first kappa shape index (κ1) is 9.39. The molecule has 3 heteroatoms. The highest BCUT2D eigenvalue weighted by Crippen LogP contribution is 2.21. The summed E-state index contributed by atoms with van der Waals surface area (Å²) in [6.45, 7) is 0. The molecule has 12 heavy (non-hydrogen) atoms. The first-order valence-electron chi connectivity index (χ1n) is 3.62. The molecule has 0 aliphatic heterocycles. The van der Waals surface area contributed by atoms with E-state index in [0.29, 0.717) is 17.3 Å². The van der Waals surface area contributed by atoms with Gasteiger partial charge in [0.2, 0.25) is 0 Å². The molecule has 0 heterocycles. The van der Waals surface area contributed by atoms with Crippen LogP contribution in [0.1, 0.15) is 12.0 Å². The van der Waals surface area contributed by atoms with Crippen LogP contribution >= 0.6 is 15.9 Å². The van der Waals surface area contributed by atoms with Gasteiger partial charge in [-0.25, -0.2) is 4.39 Å². The fraction of sp³-hybridized carbons (Fsp3) is 0.222. The molecule has 1 aromatic rings. The van der Waals surface area contributed by atoms with E-state index >= 15 is 0 Å². The van der Waals surface area contributed by atoms with Gasteiger partial charge in [-0.1, -0.05) is 12.1 Å². The Hall–Kier alpha value is -0.700. The number of hydrogen-bond donors (Lipinski definition) is 0. The van der Waals surface area contributed by atoms with Gasteiger partial charge >= 0.3 is 0 Å². The quantitative estimate of drug-likeness (QED) is 0.731. The lowest BCUT2D eigenvalue weighted by molar-refractivity contribution is -0.107. The van der Waals surface area contributed by atoms with E-state index in [9.17, 15) is 9.18 Å². The average molecular weight is 231 g/mol. The normalized spacial score (nSPS) is 9.83. The highest BCUT2D eigenvalue weighted by atomic mass is 79.9. The molecule has 0 radical (unpaired) electrons. The zero-order valence-electron chi connectivity index (χ0n) is 6.39. The molecule has 0 fully saturated rings. The van der Waals surface area contributed by atoms with Crippen LogP contribution in [0.15, 0.2) is 22.7 Å². The molecule has 0 saturated carbocycles. The fourth-order valence-corrected chi connectivity index (χ4v) is 1.42. The van der Waals surface area contributed by atoms with E-state index in [1.807, 2.05) is 0 Å². The largest absolute Gasteiger partial charge is 0.303 e. The van der Waals surface area contributed by atoms with Crippen molar-refractivity contribution in [2.75, 3.05) is 0 Å². The lowest BCUT2D eigenvalue weighted by Gasteiger charge is -2.01. The van der Waals surface area contributed by atoms with Crippen LogP contribution in [0.3, 0.4) is 0 Å². The number of carbonyl (C=O) groups is 1. The molecule has 0 aliphatic carbocycles. The smallest absolute Gasteiger partial charge is 0.137 e. The van der Waals surface area contributed by atoms with Gasteiger partial charge in [0.25, 0.3) is 0 Å². The lowest BCUT2D eigenvalue weighted by Crippen LogP contribution is -1.90. The van der Waals surface area contributed by atoms with Gasteiger partial charge in [0.15, 0.2) is 0 Å². The second kappa shape index (κ2) is 4.36. The second-order valence-electron chi connectivity index (χ2n) is 2.42. The van der Waals surface area contributed by atoms with E-state index in [2.05, 4.69) is 15.9 Å². The first-order valence-corrected chi connectivity index (χ1v) is 4.41. The summed E-state index contributed by atoms with van der Waals surface area (Å²) in [6, 6.07) is 4.82. The van der Waals surface area contributed by atoms with Crippen molar-refractivity contribution in [2.24, 2.45) is 0 Å². The molecule has 0 spiro atoms. The summed E-state index contributed by atoms with van der Waals surface area (Å²) in [5, 5.41) is 0. The monoisotopic (exact) mass is 230 g/mol. The summed E-state index contributed by atoms with van der Waals surface area (Å²) in [5.41, 5.74) is 0.835. The molecular formula is C9H8BrFO. The number of carbonyl (C=O) groups excluding carboxylic acids is 1. The highest BCUT2D eigenvalue weighted by molar-refractivity contribution is 9.10. The molecule has 1 aromatic carbocycles. The minimum absolute atomic E-state index is 0.279. The van der Waals surface area contributed by atoms with Crippen LogP contribution in [0.4, 0.5) is 4.39 Å². The van der Waals surface area contributed by atoms with Gasteiger partial charge < -0.3 is 4.79 Å². The summed E-state index contributed by atoms with van der Waals surface area (Å²) in [6.07, 6.45) is 1.85. The Labute approximate surface area is 78.7 Å². The van der Waals surface area contributed by atoms with Crippen LogP contribution in [0.25, 0.3) is 0 Å². The summed E-state index contributed by atoms with van der Waals surface area (Å²) in [4.78, 5) is 10.1. The molecule has 0 N–H and O–H groups in total. The molecule has 0 amide bonds. The third kappa shape index (κ3) is 2.14. The summed E-state index contributed by atoms with van der Waals surface area (Å²) in [5.74, 6) is -0.279. The molecule has 0 unspecified atom stereocenters. The van der Waals surface area contributed by atoms with E-state index in [-0.39, 0.29) is 5.82 Å². The predicted molar refractivity (Wildman–Crippen MR) is 48.5 cm³/mol. The van der Waals surface area contributed by atoms with Crippen molar-refractivity contribution < 1.29 is 9.18 Å². The van der Waals surface area contributed by atoms with Crippen LogP contribution in [0.2, 0.25) is 0 Å². The molecule has 64 valence electrons. The van der Waals surface area contributed by atoms with Crippen molar-refractivity contribution in [1.82, 2.24) is 0 Å². The minimum Gasteiger partial charge on any atom is -0.303 e. The van der Waals surface area contributed by atoms with Crippen molar-refractivity contribution in [3.05, 3.63) is 34.1 Å². The average Bonchev–Trinajstić information content (AvgIpc) is 2.08. The minimum atomic E-state index is -0.279. The van der Waals surface area contributed by atoms with Crippen LogP contribution in [-0.4, -0.2) is 6.29 Å². The van der Waals surface area contributed by atoms with E-state index in [0.717, 1.165) is 11.8 Å². The van der Waals surface area contributed by atoms with E-state index < -0.39 is 0 Å². The number of aryl methyl sites for hydroxylation is 1. The van der Waals surface area contributed by atoms with Gasteiger partial charge in [0.05, 0.1) is 4.47 Å². The van der Waals surface area contributed by atoms with E-state index in [1.165, 1.54) is 6.07 Å². The number of halogens is 2. The van der Waals surface area contributed by atoms with Gasteiger partial charge in [-0.05, 0) is 34.0 Å². The third-order valence-electron chi connectivity index (χ3n) is 1.56. The van der Waals surface area contributed by atoms with Crippen LogP contribution < -0.4 is 0 Å². The van der Waals surface area contributed by atoms with Gasteiger partial charge in [-0.15, -0.1) is 0 Å². The van der Waals surface area contributed by atoms with Gasteiger partial charge in [-0.2, -0.15) is 0 Å². The maximum Gasteiger partial charge on any atom is 0.137 e. The predicted octanol–water partition coefficient (Wildman–Crippen LogP) is 2.72. The maximum atomic E-state index is 12.9. The number of hydrogen-bond acceptors (Lipinski definition) is 1. The van der Waals surface area contributed by atoms with Crippen LogP contribution in [-0.2, 0) is 11.2 Å². The Morgan fingerprint density at radius 3 is 2.92 bits per heavy atom. The van der Waals surface area contributed by atoms with Gasteiger partial charge in [-0.3, -0.25) is 0 Å². The van der Waals surface area contributed by atoms with Crippen molar-refractivity contribution in [2.45, 2.75) is 12.8 Å². The molecule has 0 aromatic heterocycles. The molecule has 0 saturated heterocycles. The van der Waals surface area contributed by atoms with Crippen LogP contribution in [0, 0.1) is 5.82 Å². The summed E-state index contributed by atoms with van der Waals surface area (Å²) in [7, 11) is 0. The summed E-state index contributed by atoms with van der Waals surface area (Å²) < 4.78 is 13.3. The maximum absolute atomic E-state index is 12.9. The number of benzene rings is 1. The van der Waals surface area contributed by atoms with Crippen molar-refractivity contribution >= 4 is 22.2 Å². The standard InChI is InChI=1S/C9H8BrFO/c10-9-7(4-2-6-12)3-1-5-8(9)11/h1,3,5-6H,2,4H2. The zero-order chi connectivity index (χ0) is 8.97. The van der Waals surface area contributed by atoms with Gasteiger partial charge in [0, 0.05) is 6.42 Å². The Bertz CT molecular complexity index is 286. The Morgan fingerprint density at radius 1 is 1.50 bits per heavy atom. The Kier molecular flexibility index (Phi) is 3.41. The third-order valence-corrected chi connectivity index (χ3v) is 2.45. The van der Waals surface area contributed by atoms with Crippen LogP contribution in [0.5, 0.6) is 0 Å². The van der Waals surface area contributed by atoms with E-state index in [4.69, 9.17) is 0 Å². The molecule has 0 bridgehead atoms. The van der Waals surface area contributed by atoms with Crippen molar-refractivity contribution in [1.29, 1.82) is 0 Å². The molecule has 0 aliphatic rings. The summed E-state index contributed by atoms with van der Waals surface area (Å²) >= 11 is 3.12. The molecule has 1 nitrogen and oxygen atoms in total. The topological polar surface area (TPSA) is 17.1 Å². The fourth-order valence-electron chi connectivity index (χ4n) is 0.956. The van der Waals surface area contributed by atoms with Gasteiger partial charge in [0.1, 0.15) is 12.1 Å². The number of rotatable bonds is 3. The Balaban J connectivity index is 2.84. The highest BCUT2D eigenvalue weighted by Gasteiger charge is 2.03. The number of aldehydes is 1. The second-order valence-corrected chi connectivity index (χ2v) is 3.21.